The standard InChI is InChI=1S/C28H21N3O5/c32-22-14-30(13-16-6-2-1-3-7-16)28(34)26-23-24(29-19-9-5-4-8-18(19)27(23)33)25(31(22)26)17-10-11-20-21(12-17)36-15-35-20/h1-12,25-26H,13-15H2,(H,29,33)/t25-,26-/m1/s1. The first-order valence-corrected chi connectivity index (χ1v) is 11.8. The predicted molar refractivity (Wildman–Crippen MR) is 130 cm³/mol. The highest BCUT2D eigenvalue weighted by Gasteiger charge is 2.52. The van der Waals surface area contributed by atoms with Crippen LogP contribution in [-0.4, -0.2) is 39.9 Å². The molecule has 4 aromatic rings. The highest BCUT2D eigenvalue weighted by Crippen LogP contribution is 2.48. The van der Waals surface area contributed by atoms with Gasteiger partial charge in [0.2, 0.25) is 12.7 Å². The van der Waals surface area contributed by atoms with Gasteiger partial charge < -0.3 is 24.3 Å². The molecule has 3 aromatic carbocycles. The Hall–Kier alpha value is -4.59. The van der Waals surface area contributed by atoms with Gasteiger partial charge in [0, 0.05) is 17.4 Å². The van der Waals surface area contributed by atoms with Crippen molar-refractivity contribution in [1.29, 1.82) is 0 Å². The first-order valence-electron chi connectivity index (χ1n) is 11.8. The minimum Gasteiger partial charge on any atom is -0.454 e. The van der Waals surface area contributed by atoms with E-state index in [0.29, 0.717) is 40.2 Å². The molecule has 1 saturated heterocycles. The second kappa shape index (κ2) is 7.71. The second-order valence-electron chi connectivity index (χ2n) is 9.23. The molecule has 0 aliphatic carbocycles. The monoisotopic (exact) mass is 479 g/mol. The zero-order valence-electron chi connectivity index (χ0n) is 19.1. The molecule has 0 bridgehead atoms. The lowest BCUT2D eigenvalue weighted by Gasteiger charge is -2.39. The highest BCUT2D eigenvalue weighted by molar-refractivity contribution is 5.98. The molecule has 2 amide bonds. The maximum absolute atomic E-state index is 13.9. The number of nitrogens with zero attached hydrogens (tertiary/aromatic N) is 2. The van der Waals surface area contributed by atoms with Crippen LogP contribution >= 0.6 is 0 Å². The summed E-state index contributed by atoms with van der Waals surface area (Å²) in [5.74, 6) is 0.715. The van der Waals surface area contributed by atoms with Crippen molar-refractivity contribution in [2.75, 3.05) is 13.3 Å². The zero-order valence-corrected chi connectivity index (χ0v) is 19.1. The van der Waals surface area contributed by atoms with Crippen molar-refractivity contribution < 1.29 is 19.1 Å². The molecule has 0 saturated carbocycles. The molecule has 0 unspecified atom stereocenters. The number of para-hydroxylation sites is 1. The molecular formula is C28H21N3O5. The number of nitrogens with one attached hydrogen (secondary N) is 1. The molecule has 1 fully saturated rings. The van der Waals surface area contributed by atoms with Gasteiger partial charge >= 0.3 is 0 Å². The number of carbonyl (C=O) groups is 2. The van der Waals surface area contributed by atoms with E-state index in [0.717, 1.165) is 11.1 Å². The molecular weight excluding hydrogens is 458 g/mol. The summed E-state index contributed by atoms with van der Waals surface area (Å²) in [5, 5.41) is 0.489. The van der Waals surface area contributed by atoms with Gasteiger partial charge in [-0.3, -0.25) is 14.4 Å². The smallest absolute Gasteiger partial charge is 0.251 e. The Kier molecular flexibility index (Phi) is 4.44. The number of fused-ring (bicyclic) bond motifs is 5. The van der Waals surface area contributed by atoms with E-state index in [1.165, 1.54) is 0 Å². The van der Waals surface area contributed by atoms with E-state index >= 15 is 0 Å². The number of hydrogen-bond donors (Lipinski definition) is 1. The van der Waals surface area contributed by atoms with Crippen LogP contribution in [0.4, 0.5) is 0 Å². The zero-order chi connectivity index (χ0) is 24.4. The van der Waals surface area contributed by atoms with Crippen LogP contribution in [0.15, 0.2) is 77.6 Å². The number of ether oxygens (including phenoxy) is 2. The number of aromatic amines is 1. The average Bonchev–Trinajstić information content (AvgIpc) is 3.50. The number of carbonyl (C=O) groups excluding carboxylic acids is 2. The molecule has 7 rings (SSSR count). The third-order valence-electron chi connectivity index (χ3n) is 7.17. The topological polar surface area (TPSA) is 91.9 Å². The van der Waals surface area contributed by atoms with E-state index in [4.69, 9.17) is 9.47 Å². The molecule has 0 radical (unpaired) electrons. The van der Waals surface area contributed by atoms with Crippen molar-refractivity contribution in [3.63, 3.8) is 0 Å². The van der Waals surface area contributed by atoms with Crippen LogP contribution in [0.5, 0.6) is 11.5 Å². The first-order chi connectivity index (χ1) is 17.6. The Morgan fingerprint density at radius 3 is 2.50 bits per heavy atom. The van der Waals surface area contributed by atoms with Gasteiger partial charge in [0.25, 0.3) is 5.91 Å². The number of amides is 2. The number of H-pyrrole nitrogens is 1. The summed E-state index contributed by atoms with van der Waals surface area (Å²) in [4.78, 5) is 47.9. The van der Waals surface area contributed by atoms with Crippen molar-refractivity contribution in [3.8, 4) is 11.5 Å². The fourth-order valence-corrected chi connectivity index (χ4v) is 5.56. The minimum atomic E-state index is -1.01. The molecule has 8 heteroatoms. The fourth-order valence-electron chi connectivity index (χ4n) is 5.56. The number of rotatable bonds is 3. The molecule has 1 N–H and O–H groups in total. The van der Waals surface area contributed by atoms with Gasteiger partial charge in [-0.05, 0) is 35.4 Å². The number of piperazine rings is 1. The van der Waals surface area contributed by atoms with Crippen LogP contribution in [0.25, 0.3) is 10.9 Å². The lowest BCUT2D eigenvalue weighted by Crippen LogP contribution is -2.54. The lowest BCUT2D eigenvalue weighted by atomic mass is 9.99. The summed E-state index contributed by atoms with van der Waals surface area (Å²) >= 11 is 0. The predicted octanol–water partition coefficient (Wildman–Crippen LogP) is 3.27. The Morgan fingerprint density at radius 2 is 1.64 bits per heavy atom. The SMILES string of the molecule is O=C1[C@H]2c3c([nH]c4ccccc4c3=O)[C@@H](c3ccc4c(c3)OCO4)N2C(=O)CN1Cc1ccccc1. The van der Waals surface area contributed by atoms with Crippen molar-refractivity contribution in [1.82, 2.24) is 14.8 Å². The van der Waals surface area contributed by atoms with E-state index in [2.05, 4.69) is 4.98 Å². The number of aromatic nitrogens is 1. The van der Waals surface area contributed by atoms with Gasteiger partial charge in [0.15, 0.2) is 16.9 Å². The lowest BCUT2D eigenvalue weighted by molar-refractivity contribution is -0.157. The minimum absolute atomic E-state index is 0.0625. The van der Waals surface area contributed by atoms with Crippen LogP contribution in [0.3, 0.4) is 0 Å². The summed E-state index contributed by atoms with van der Waals surface area (Å²) in [6.45, 7) is 0.359. The Bertz CT molecular complexity index is 1610. The van der Waals surface area contributed by atoms with Crippen LogP contribution in [0.2, 0.25) is 0 Å². The summed E-state index contributed by atoms with van der Waals surface area (Å²) in [6, 6.07) is 20.6. The molecule has 4 heterocycles. The van der Waals surface area contributed by atoms with Gasteiger partial charge in [-0.15, -0.1) is 0 Å². The summed E-state index contributed by atoms with van der Waals surface area (Å²) in [5.41, 5.74) is 2.98. The summed E-state index contributed by atoms with van der Waals surface area (Å²) in [7, 11) is 0. The van der Waals surface area contributed by atoms with E-state index in [9.17, 15) is 14.4 Å². The van der Waals surface area contributed by atoms with Crippen molar-refractivity contribution in [3.05, 3.63) is 105 Å². The largest absolute Gasteiger partial charge is 0.454 e. The normalized spacial score (nSPS) is 20.1. The molecule has 2 atom stereocenters. The molecule has 178 valence electrons. The van der Waals surface area contributed by atoms with Crippen LogP contribution in [-0.2, 0) is 16.1 Å². The van der Waals surface area contributed by atoms with Crippen molar-refractivity contribution in [2.24, 2.45) is 0 Å². The Balaban J connectivity index is 1.41. The maximum atomic E-state index is 13.9. The fraction of sp³-hybridized carbons (Fsp3) is 0.179. The van der Waals surface area contributed by atoms with E-state index < -0.39 is 12.1 Å². The van der Waals surface area contributed by atoms with Crippen molar-refractivity contribution in [2.45, 2.75) is 18.6 Å². The van der Waals surface area contributed by atoms with Crippen LogP contribution in [0.1, 0.15) is 34.5 Å². The number of hydrogen-bond acceptors (Lipinski definition) is 5. The third kappa shape index (κ3) is 2.97. The van der Waals surface area contributed by atoms with E-state index in [1.54, 1.807) is 28.0 Å². The molecule has 3 aliphatic heterocycles. The first kappa shape index (κ1) is 20.8. The van der Waals surface area contributed by atoms with Gasteiger partial charge in [-0.25, -0.2) is 0 Å². The second-order valence-corrected chi connectivity index (χ2v) is 9.23. The Morgan fingerprint density at radius 1 is 0.861 bits per heavy atom. The van der Waals surface area contributed by atoms with Crippen LogP contribution < -0.4 is 14.9 Å². The molecule has 1 aromatic heterocycles. The van der Waals surface area contributed by atoms with Gasteiger partial charge in [0.05, 0.1) is 17.3 Å². The summed E-state index contributed by atoms with van der Waals surface area (Å²) < 4.78 is 11.0. The third-order valence-corrected chi connectivity index (χ3v) is 7.17. The Labute approximate surface area is 205 Å². The average molecular weight is 479 g/mol. The quantitative estimate of drug-likeness (QED) is 0.487. The van der Waals surface area contributed by atoms with Gasteiger partial charge in [-0.1, -0.05) is 48.5 Å². The molecule has 3 aliphatic rings. The number of benzene rings is 3. The number of pyridine rings is 1. The van der Waals surface area contributed by atoms with Gasteiger partial charge in [-0.2, -0.15) is 0 Å². The summed E-state index contributed by atoms with van der Waals surface area (Å²) in [6.07, 6.45) is 0. The van der Waals surface area contributed by atoms with E-state index in [-0.39, 0.29) is 30.6 Å². The van der Waals surface area contributed by atoms with Crippen molar-refractivity contribution >= 4 is 22.7 Å². The molecule has 36 heavy (non-hydrogen) atoms. The highest BCUT2D eigenvalue weighted by atomic mass is 16.7. The molecule has 8 nitrogen and oxygen atoms in total. The van der Waals surface area contributed by atoms with E-state index in [1.807, 2.05) is 54.6 Å². The maximum Gasteiger partial charge on any atom is 0.251 e. The van der Waals surface area contributed by atoms with Gasteiger partial charge in [0.1, 0.15) is 12.6 Å². The van der Waals surface area contributed by atoms with Crippen LogP contribution in [0, 0.1) is 0 Å². The molecule has 0 spiro atoms.